The highest BCUT2D eigenvalue weighted by molar-refractivity contribution is 5.90. The van der Waals surface area contributed by atoms with Crippen molar-refractivity contribution in [3.8, 4) is 0 Å². The van der Waals surface area contributed by atoms with Crippen LogP contribution in [0.1, 0.15) is 42.9 Å². The van der Waals surface area contributed by atoms with Gasteiger partial charge < -0.3 is 14.8 Å². The van der Waals surface area contributed by atoms with Gasteiger partial charge in [-0.2, -0.15) is 0 Å². The van der Waals surface area contributed by atoms with Crippen molar-refractivity contribution in [1.82, 2.24) is 4.98 Å². The van der Waals surface area contributed by atoms with Crippen LogP contribution in [0.25, 0.3) is 0 Å². The number of hydrogen-bond donors (Lipinski definition) is 2. The first-order valence-corrected chi connectivity index (χ1v) is 9.72. The lowest BCUT2D eigenvalue weighted by molar-refractivity contribution is 0.0786. The lowest BCUT2D eigenvalue weighted by Crippen LogP contribution is -2.21. The van der Waals surface area contributed by atoms with E-state index < -0.39 is 18.1 Å². The number of halogens is 1. The molecule has 0 bridgehead atoms. The van der Waals surface area contributed by atoms with Gasteiger partial charge in [-0.15, -0.1) is 0 Å². The Morgan fingerprint density at radius 3 is 2.97 bits per heavy atom. The van der Waals surface area contributed by atoms with Crippen molar-refractivity contribution in [1.29, 1.82) is 0 Å². The van der Waals surface area contributed by atoms with Gasteiger partial charge in [0.15, 0.2) is 11.6 Å². The van der Waals surface area contributed by atoms with Crippen molar-refractivity contribution in [2.75, 3.05) is 23.8 Å². The topological polar surface area (TPSA) is 89.5 Å². The number of rotatable bonds is 6. The third-order valence-corrected chi connectivity index (χ3v) is 4.66. The standard InChI is InChI=1S/C21H24FN3O4/c1-2-3-12-28-21(27)29-20(26)25-19-18(22)15(9-11-24-19)13-14-6-4-8-17-16(14)7-5-10-23-17/h4,6,8-9,11,23H,2-3,5,7,10,12-13H2,1H3,(H,24,25,26). The average molecular weight is 401 g/mol. The zero-order valence-electron chi connectivity index (χ0n) is 16.3. The lowest BCUT2D eigenvalue weighted by Gasteiger charge is -2.21. The fraction of sp³-hybridized carbons (Fsp3) is 0.381. The van der Waals surface area contributed by atoms with Crippen molar-refractivity contribution in [3.05, 3.63) is 53.0 Å². The summed E-state index contributed by atoms with van der Waals surface area (Å²) in [6, 6.07) is 7.50. The summed E-state index contributed by atoms with van der Waals surface area (Å²) in [6.45, 7) is 3.02. The summed E-state index contributed by atoms with van der Waals surface area (Å²) in [7, 11) is 0. The lowest BCUT2D eigenvalue weighted by atomic mass is 9.93. The number of nitrogens with one attached hydrogen (secondary N) is 2. The van der Waals surface area contributed by atoms with Crippen LogP contribution in [0.3, 0.4) is 0 Å². The predicted molar refractivity (Wildman–Crippen MR) is 107 cm³/mol. The van der Waals surface area contributed by atoms with Gasteiger partial charge in [-0.05, 0) is 48.1 Å². The molecule has 0 radical (unpaired) electrons. The fourth-order valence-electron chi connectivity index (χ4n) is 3.19. The summed E-state index contributed by atoms with van der Waals surface area (Å²) in [5, 5.41) is 5.51. The molecule has 2 aromatic rings. The molecule has 0 spiro atoms. The first kappa shape index (κ1) is 20.6. The second kappa shape index (κ2) is 9.86. The Kier molecular flexibility index (Phi) is 6.99. The molecule has 2 heterocycles. The maximum atomic E-state index is 14.9. The van der Waals surface area contributed by atoms with E-state index in [1.54, 1.807) is 6.07 Å². The first-order valence-electron chi connectivity index (χ1n) is 9.72. The molecule has 1 aliphatic rings. The largest absolute Gasteiger partial charge is 0.517 e. The van der Waals surface area contributed by atoms with Crippen LogP contribution in [0, 0.1) is 5.82 Å². The number of nitrogens with zero attached hydrogens (tertiary/aromatic N) is 1. The third kappa shape index (κ3) is 5.43. The van der Waals surface area contributed by atoms with Crippen LogP contribution < -0.4 is 10.6 Å². The van der Waals surface area contributed by atoms with Crippen molar-refractivity contribution < 1.29 is 23.5 Å². The maximum absolute atomic E-state index is 14.9. The van der Waals surface area contributed by atoms with E-state index in [-0.39, 0.29) is 12.4 Å². The van der Waals surface area contributed by atoms with E-state index >= 15 is 0 Å². The summed E-state index contributed by atoms with van der Waals surface area (Å²) in [4.78, 5) is 27.1. The molecule has 3 rings (SSSR count). The number of carbonyl (C=O) groups is 2. The number of hydrogen-bond acceptors (Lipinski definition) is 6. The highest BCUT2D eigenvalue weighted by Gasteiger charge is 2.18. The molecular formula is C21H24FN3O4. The molecule has 0 saturated heterocycles. The van der Waals surface area contributed by atoms with E-state index in [0.717, 1.165) is 37.1 Å². The quantitative estimate of drug-likeness (QED) is 0.416. The van der Waals surface area contributed by atoms with Gasteiger partial charge in [0.2, 0.25) is 0 Å². The highest BCUT2D eigenvalue weighted by atomic mass is 19.1. The average Bonchev–Trinajstić information content (AvgIpc) is 2.71. The number of anilines is 2. The van der Waals surface area contributed by atoms with E-state index in [4.69, 9.17) is 4.74 Å². The van der Waals surface area contributed by atoms with E-state index in [1.807, 2.05) is 25.1 Å². The smallest absolute Gasteiger partial charge is 0.434 e. The van der Waals surface area contributed by atoms with Crippen LogP contribution in [0.2, 0.25) is 0 Å². The van der Waals surface area contributed by atoms with Gasteiger partial charge in [-0.25, -0.2) is 19.0 Å². The summed E-state index contributed by atoms with van der Waals surface area (Å²) < 4.78 is 24.1. The zero-order chi connectivity index (χ0) is 20.6. The van der Waals surface area contributed by atoms with Crippen LogP contribution >= 0.6 is 0 Å². The molecule has 0 saturated carbocycles. The number of fused-ring (bicyclic) bond motifs is 1. The minimum Gasteiger partial charge on any atom is -0.434 e. The zero-order valence-corrected chi connectivity index (χ0v) is 16.3. The van der Waals surface area contributed by atoms with Gasteiger partial charge in [0, 0.05) is 24.8 Å². The van der Waals surface area contributed by atoms with Gasteiger partial charge in [0.1, 0.15) is 0 Å². The minimum absolute atomic E-state index is 0.154. The SMILES string of the molecule is CCCCOC(=O)OC(=O)Nc1nccc(Cc2cccc3c2CCCN3)c1F. The molecule has 1 aliphatic heterocycles. The first-order chi connectivity index (χ1) is 14.1. The molecule has 0 aliphatic carbocycles. The molecular weight excluding hydrogens is 377 g/mol. The van der Waals surface area contributed by atoms with Crippen LogP contribution in [0.15, 0.2) is 30.5 Å². The minimum atomic E-state index is -1.14. The van der Waals surface area contributed by atoms with E-state index in [9.17, 15) is 14.0 Å². The number of ether oxygens (including phenoxy) is 2. The second-order valence-corrected chi connectivity index (χ2v) is 6.75. The molecule has 0 unspecified atom stereocenters. The molecule has 154 valence electrons. The molecule has 7 nitrogen and oxygen atoms in total. The molecule has 8 heteroatoms. The summed E-state index contributed by atoms with van der Waals surface area (Å²) in [6.07, 6.45) is 2.95. The molecule has 0 atom stereocenters. The van der Waals surface area contributed by atoms with Gasteiger partial charge in [-0.3, -0.25) is 5.32 Å². The number of aromatic nitrogens is 1. The summed E-state index contributed by atoms with van der Waals surface area (Å²) in [5.41, 5.74) is 3.66. The fourth-order valence-corrected chi connectivity index (χ4v) is 3.19. The number of amides is 1. The van der Waals surface area contributed by atoms with Crippen LogP contribution in [0.4, 0.5) is 25.5 Å². The Bertz CT molecular complexity index is 888. The van der Waals surface area contributed by atoms with Crippen molar-refractivity contribution in [2.45, 2.75) is 39.0 Å². The molecule has 2 N–H and O–H groups in total. The van der Waals surface area contributed by atoms with E-state index in [0.29, 0.717) is 18.4 Å². The van der Waals surface area contributed by atoms with Crippen molar-refractivity contribution >= 4 is 23.8 Å². The Balaban J connectivity index is 1.67. The van der Waals surface area contributed by atoms with Crippen LogP contribution in [-0.4, -0.2) is 30.4 Å². The van der Waals surface area contributed by atoms with Gasteiger partial charge in [0.25, 0.3) is 0 Å². The van der Waals surface area contributed by atoms with Crippen LogP contribution in [-0.2, 0) is 22.3 Å². The molecule has 1 amide bonds. The molecule has 1 aromatic carbocycles. The highest BCUT2D eigenvalue weighted by Crippen LogP contribution is 2.28. The Morgan fingerprint density at radius 1 is 1.28 bits per heavy atom. The van der Waals surface area contributed by atoms with Crippen LogP contribution in [0.5, 0.6) is 0 Å². The predicted octanol–water partition coefficient (Wildman–Crippen LogP) is 4.65. The Labute approximate surface area is 168 Å². The molecule has 29 heavy (non-hydrogen) atoms. The van der Waals surface area contributed by atoms with E-state index in [2.05, 4.69) is 20.4 Å². The van der Waals surface area contributed by atoms with Crippen molar-refractivity contribution in [2.24, 2.45) is 0 Å². The van der Waals surface area contributed by atoms with Gasteiger partial charge in [0.05, 0.1) is 6.61 Å². The Morgan fingerprint density at radius 2 is 2.14 bits per heavy atom. The summed E-state index contributed by atoms with van der Waals surface area (Å²) in [5.74, 6) is -0.957. The number of pyridine rings is 1. The maximum Gasteiger partial charge on any atom is 0.517 e. The van der Waals surface area contributed by atoms with E-state index in [1.165, 1.54) is 11.8 Å². The number of benzene rings is 1. The van der Waals surface area contributed by atoms with Gasteiger partial charge >= 0.3 is 12.2 Å². The van der Waals surface area contributed by atoms with Gasteiger partial charge in [-0.1, -0.05) is 25.5 Å². The second-order valence-electron chi connectivity index (χ2n) is 6.75. The number of carbonyl (C=O) groups excluding carboxylic acids is 2. The van der Waals surface area contributed by atoms with Crippen molar-refractivity contribution in [3.63, 3.8) is 0 Å². The molecule has 1 aromatic heterocycles. The molecule has 0 fully saturated rings. The third-order valence-electron chi connectivity index (χ3n) is 4.66. The summed E-state index contributed by atoms with van der Waals surface area (Å²) >= 11 is 0. The Hall–Kier alpha value is -3.16. The number of unbranched alkanes of at least 4 members (excludes halogenated alkanes) is 1. The monoisotopic (exact) mass is 401 g/mol. The normalized spacial score (nSPS) is 12.5.